The van der Waals surface area contributed by atoms with E-state index in [1.54, 1.807) is 6.07 Å². The molecule has 1 aliphatic carbocycles. The Bertz CT molecular complexity index is 335. The van der Waals surface area contributed by atoms with Crippen molar-refractivity contribution in [2.45, 2.75) is 24.9 Å². The minimum Gasteiger partial charge on any atom is -0.508 e. The molecule has 2 N–H and O–H groups in total. The first-order chi connectivity index (χ1) is 5.84. The van der Waals surface area contributed by atoms with Gasteiger partial charge in [0.1, 0.15) is 5.75 Å². The van der Waals surface area contributed by atoms with E-state index in [2.05, 4.69) is 11.4 Å². The Labute approximate surface area is 71.2 Å². The van der Waals surface area contributed by atoms with Gasteiger partial charge >= 0.3 is 0 Å². The van der Waals surface area contributed by atoms with Gasteiger partial charge in [-0.15, -0.1) is 0 Å². The first-order valence-corrected chi connectivity index (χ1v) is 4.40. The van der Waals surface area contributed by atoms with Crippen molar-refractivity contribution in [3.8, 4) is 5.75 Å². The van der Waals surface area contributed by atoms with Crippen molar-refractivity contribution >= 4 is 0 Å². The molecular formula is C10H11NO. The highest BCUT2D eigenvalue weighted by atomic mass is 16.3. The average molecular weight is 161 g/mol. The zero-order valence-electron chi connectivity index (χ0n) is 6.75. The lowest BCUT2D eigenvalue weighted by Crippen LogP contribution is -2.11. The van der Waals surface area contributed by atoms with Crippen LogP contribution in [0.3, 0.4) is 0 Å². The predicted octanol–water partition coefficient (Wildman–Crippen LogP) is 0.831. The lowest BCUT2D eigenvalue weighted by atomic mass is 9.91. The number of fused-ring (bicyclic) bond motifs is 2. The SMILES string of the molecule is Oc1cccc2c1CC1NC1C2. The monoisotopic (exact) mass is 161 g/mol. The molecule has 2 unspecified atom stereocenters. The van der Waals surface area contributed by atoms with Crippen LogP contribution in [0.1, 0.15) is 11.1 Å². The first-order valence-electron chi connectivity index (χ1n) is 4.40. The van der Waals surface area contributed by atoms with Crippen LogP contribution < -0.4 is 5.32 Å². The molecule has 2 heteroatoms. The zero-order valence-corrected chi connectivity index (χ0v) is 6.75. The second kappa shape index (κ2) is 2.02. The molecule has 2 atom stereocenters. The molecule has 1 aromatic carbocycles. The van der Waals surface area contributed by atoms with E-state index in [0.29, 0.717) is 17.8 Å². The van der Waals surface area contributed by atoms with Gasteiger partial charge in [-0.25, -0.2) is 0 Å². The number of nitrogens with one attached hydrogen (secondary N) is 1. The molecule has 1 fully saturated rings. The largest absolute Gasteiger partial charge is 0.508 e. The summed E-state index contributed by atoms with van der Waals surface area (Å²) in [6, 6.07) is 7.16. The molecule has 1 heterocycles. The molecule has 0 radical (unpaired) electrons. The molecule has 0 saturated carbocycles. The highest BCUT2D eigenvalue weighted by molar-refractivity contribution is 5.44. The summed E-state index contributed by atoms with van der Waals surface area (Å²) in [5.41, 5.74) is 2.48. The molecule has 12 heavy (non-hydrogen) atoms. The number of phenolic OH excluding ortho intramolecular Hbond substituents is 1. The summed E-state index contributed by atoms with van der Waals surface area (Å²) in [5, 5.41) is 13.0. The Kier molecular flexibility index (Phi) is 1.09. The molecule has 0 spiro atoms. The van der Waals surface area contributed by atoms with Gasteiger partial charge in [0.2, 0.25) is 0 Å². The summed E-state index contributed by atoms with van der Waals surface area (Å²) in [7, 11) is 0. The molecule has 0 bridgehead atoms. The van der Waals surface area contributed by atoms with E-state index >= 15 is 0 Å². The quantitative estimate of drug-likeness (QED) is 0.553. The first kappa shape index (κ1) is 6.49. The summed E-state index contributed by atoms with van der Waals surface area (Å²) < 4.78 is 0. The summed E-state index contributed by atoms with van der Waals surface area (Å²) in [4.78, 5) is 0. The molecule has 1 saturated heterocycles. The third kappa shape index (κ3) is 0.786. The molecule has 1 aliphatic heterocycles. The van der Waals surface area contributed by atoms with Gasteiger partial charge in [0, 0.05) is 12.1 Å². The average Bonchev–Trinajstić information content (AvgIpc) is 2.79. The Hall–Kier alpha value is -1.02. The summed E-state index contributed by atoms with van der Waals surface area (Å²) in [6.07, 6.45) is 2.10. The van der Waals surface area contributed by atoms with Crippen LogP contribution in [-0.4, -0.2) is 17.2 Å². The lowest BCUT2D eigenvalue weighted by Gasteiger charge is -2.13. The van der Waals surface area contributed by atoms with Crippen LogP contribution in [-0.2, 0) is 12.8 Å². The minimum atomic E-state index is 0.472. The van der Waals surface area contributed by atoms with Gasteiger partial charge in [-0.2, -0.15) is 0 Å². The molecule has 2 nitrogen and oxygen atoms in total. The maximum Gasteiger partial charge on any atom is 0.119 e. The fraction of sp³-hybridized carbons (Fsp3) is 0.400. The third-order valence-corrected chi connectivity index (χ3v) is 2.92. The van der Waals surface area contributed by atoms with Crippen molar-refractivity contribution < 1.29 is 5.11 Å². The van der Waals surface area contributed by atoms with Crippen LogP contribution in [0.15, 0.2) is 18.2 Å². The van der Waals surface area contributed by atoms with Gasteiger partial charge in [0.25, 0.3) is 0 Å². The number of phenols is 1. The Morgan fingerprint density at radius 2 is 2.08 bits per heavy atom. The van der Waals surface area contributed by atoms with Crippen molar-refractivity contribution in [2.24, 2.45) is 0 Å². The van der Waals surface area contributed by atoms with Gasteiger partial charge in [0.15, 0.2) is 0 Å². The Morgan fingerprint density at radius 3 is 3.00 bits per heavy atom. The van der Waals surface area contributed by atoms with Gasteiger partial charge in [0.05, 0.1) is 0 Å². The number of hydrogen-bond acceptors (Lipinski definition) is 2. The number of benzene rings is 1. The van der Waals surface area contributed by atoms with Crippen molar-refractivity contribution in [1.29, 1.82) is 0 Å². The van der Waals surface area contributed by atoms with Crippen LogP contribution in [0.5, 0.6) is 5.75 Å². The van der Waals surface area contributed by atoms with Crippen LogP contribution >= 0.6 is 0 Å². The van der Waals surface area contributed by atoms with Crippen molar-refractivity contribution in [1.82, 2.24) is 5.32 Å². The van der Waals surface area contributed by atoms with Crippen LogP contribution in [0.2, 0.25) is 0 Å². The van der Waals surface area contributed by atoms with Crippen LogP contribution in [0.4, 0.5) is 0 Å². The fourth-order valence-corrected chi connectivity index (χ4v) is 2.13. The van der Waals surface area contributed by atoms with E-state index in [1.807, 2.05) is 6.07 Å². The lowest BCUT2D eigenvalue weighted by molar-refractivity contribution is 0.465. The maximum atomic E-state index is 9.56. The van der Waals surface area contributed by atoms with Crippen molar-refractivity contribution in [3.63, 3.8) is 0 Å². The smallest absolute Gasteiger partial charge is 0.119 e. The minimum absolute atomic E-state index is 0.472. The van der Waals surface area contributed by atoms with E-state index < -0.39 is 0 Å². The zero-order chi connectivity index (χ0) is 8.13. The topological polar surface area (TPSA) is 42.2 Å². The summed E-state index contributed by atoms with van der Waals surface area (Å²) >= 11 is 0. The molecule has 0 aromatic heterocycles. The molecule has 3 rings (SSSR count). The van der Waals surface area contributed by atoms with E-state index in [9.17, 15) is 5.11 Å². The summed E-state index contributed by atoms with van der Waals surface area (Å²) in [5.74, 6) is 0.472. The molecule has 0 amide bonds. The van der Waals surface area contributed by atoms with Gasteiger partial charge < -0.3 is 10.4 Å². The molecule has 1 aromatic rings. The highest BCUT2D eigenvalue weighted by Gasteiger charge is 2.40. The van der Waals surface area contributed by atoms with Crippen molar-refractivity contribution in [2.75, 3.05) is 0 Å². The number of rotatable bonds is 0. The van der Waals surface area contributed by atoms with Gasteiger partial charge in [-0.1, -0.05) is 12.1 Å². The normalized spacial score (nSPS) is 30.7. The molecular weight excluding hydrogens is 150 g/mol. The Morgan fingerprint density at radius 1 is 1.25 bits per heavy atom. The second-order valence-electron chi connectivity index (χ2n) is 3.70. The number of aromatic hydroxyl groups is 1. The highest BCUT2D eigenvalue weighted by Crippen LogP contribution is 2.33. The Balaban J connectivity index is 2.11. The van der Waals surface area contributed by atoms with Gasteiger partial charge in [-0.05, 0) is 30.0 Å². The van der Waals surface area contributed by atoms with Crippen LogP contribution in [0, 0.1) is 0 Å². The van der Waals surface area contributed by atoms with E-state index in [-0.39, 0.29) is 0 Å². The standard InChI is InChI=1S/C10H11NO/c12-10-3-1-2-6-4-8-9(11-8)5-7(6)10/h1-3,8-9,11-12H,4-5H2. The predicted molar refractivity (Wildman–Crippen MR) is 46.2 cm³/mol. The van der Waals surface area contributed by atoms with E-state index in [1.165, 1.54) is 5.56 Å². The van der Waals surface area contributed by atoms with E-state index in [4.69, 9.17) is 0 Å². The van der Waals surface area contributed by atoms with E-state index in [0.717, 1.165) is 18.4 Å². The fourth-order valence-electron chi connectivity index (χ4n) is 2.13. The van der Waals surface area contributed by atoms with Gasteiger partial charge in [-0.3, -0.25) is 0 Å². The summed E-state index contributed by atoms with van der Waals surface area (Å²) in [6.45, 7) is 0. The van der Waals surface area contributed by atoms with Crippen LogP contribution in [0.25, 0.3) is 0 Å². The number of hydrogen-bond donors (Lipinski definition) is 2. The second-order valence-corrected chi connectivity index (χ2v) is 3.70. The molecule has 62 valence electrons. The third-order valence-electron chi connectivity index (χ3n) is 2.92. The maximum absolute atomic E-state index is 9.56. The molecule has 2 aliphatic rings. The van der Waals surface area contributed by atoms with Crippen molar-refractivity contribution in [3.05, 3.63) is 29.3 Å².